The predicted octanol–water partition coefficient (Wildman–Crippen LogP) is 3.63. The Balaban J connectivity index is 2.67. The lowest BCUT2D eigenvalue weighted by Crippen LogP contribution is -2.22. The van der Waals surface area contributed by atoms with Crippen molar-refractivity contribution < 1.29 is 4.79 Å². The maximum Gasteiger partial charge on any atom is 0.176 e. The average molecular weight is 213 g/mol. The summed E-state index contributed by atoms with van der Waals surface area (Å²) in [6, 6.07) is 0. The highest BCUT2D eigenvalue weighted by atomic mass is 35.5. The van der Waals surface area contributed by atoms with Gasteiger partial charge in [-0.15, -0.1) is 11.6 Å². The van der Waals surface area contributed by atoms with Gasteiger partial charge in [0.2, 0.25) is 0 Å². The normalized spacial score (nSPS) is 23.6. The van der Waals surface area contributed by atoms with Crippen molar-refractivity contribution in [2.45, 2.75) is 44.9 Å². The highest BCUT2D eigenvalue weighted by Gasteiger charge is 2.25. The minimum absolute atomic E-state index is 0.153. The zero-order valence-corrected chi connectivity index (χ0v) is 9.60. The quantitative estimate of drug-likeness (QED) is 0.516. The molecule has 1 aliphatic rings. The molecule has 1 nitrogen and oxygen atoms in total. The van der Waals surface area contributed by atoms with Crippen LogP contribution in [-0.4, -0.2) is 11.2 Å². The summed E-state index contributed by atoms with van der Waals surface area (Å²) < 4.78 is 0. The van der Waals surface area contributed by atoms with Gasteiger partial charge in [0, 0.05) is 0 Å². The molecule has 0 bridgehead atoms. The van der Waals surface area contributed by atoms with Crippen LogP contribution in [0.5, 0.6) is 0 Å². The second kappa shape index (κ2) is 5.35. The number of hydrogen-bond donors (Lipinski definition) is 0. The first-order chi connectivity index (χ1) is 6.66. The monoisotopic (exact) mass is 212 g/mol. The first-order valence-corrected chi connectivity index (χ1v) is 5.58. The Morgan fingerprint density at radius 1 is 1.57 bits per heavy atom. The van der Waals surface area contributed by atoms with E-state index in [0.29, 0.717) is 0 Å². The second-order valence-electron chi connectivity index (χ2n) is 3.74. The number of Topliss-reactive ketones (excluding diaryl/α,β-unsaturated/α-hetero) is 1. The zero-order valence-electron chi connectivity index (χ0n) is 8.85. The van der Waals surface area contributed by atoms with E-state index >= 15 is 0 Å². The molecule has 1 atom stereocenters. The summed E-state index contributed by atoms with van der Waals surface area (Å²) in [6.07, 6.45) is 7.67. The molecule has 78 valence electrons. The van der Waals surface area contributed by atoms with Crippen LogP contribution in [0.1, 0.15) is 39.5 Å². The van der Waals surface area contributed by atoms with Gasteiger partial charge in [0.05, 0.1) is 5.38 Å². The number of carbonyl (C=O) groups is 1. The number of hydrogen-bond acceptors (Lipinski definition) is 1. The van der Waals surface area contributed by atoms with Gasteiger partial charge in [0.15, 0.2) is 5.78 Å². The molecular formula is C12H17ClO. The molecule has 2 heteroatoms. The summed E-state index contributed by atoms with van der Waals surface area (Å²) in [5.74, 6) is 0.153. The van der Waals surface area contributed by atoms with Crippen molar-refractivity contribution in [1.82, 2.24) is 0 Å². The summed E-state index contributed by atoms with van der Waals surface area (Å²) in [6.45, 7) is 4.04. The number of allylic oxidation sites excluding steroid dienone is 4. The fourth-order valence-electron chi connectivity index (χ4n) is 1.76. The molecule has 0 amide bonds. The molecule has 1 rings (SSSR count). The molecule has 1 aliphatic carbocycles. The Hall–Kier alpha value is -0.560. The van der Waals surface area contributed by atoms with Gasteiger partial charge in [0.1, 0.15) is 0 Å². The largest absolute Gasteiger partial charge is 0.293 e. The van der Waals surface area contributed by atoms with Crippen LogP contribution in [0.25, 0.3) is 0 Å². The zero-order chi connectivity index (χ0) is 10.6. The Morgan fingerprint density at radius 2 is 2.29 bits per heavy atom. The Morgan fingerprint density at radius 3 is 2.93 bits per heavy atom. The summed E-state index contributed by atoms with van der Waals surface area (Å²) in [7, 11) is 0. The van der Waals surface area contributed by atoms with Crippen molar-refractivity contribution in [2.75, 3.05) is 0 Å². The molecule has 0 aromatic rings. The Kier molecular flexibility index (Phi) is 4.40. The van der Waals surface area contributed by atoms with Gasteiger partial charge in [-0.25, -0.2) is 0 Å². The molecule has 0 aromatic carbocycles. The van der Waals surface area contributed by atoms with E-state index in [0.717, 1.165) is 31.3 Å². The first-order valence-electron chi connectivity index (χ1n) is 5.15. The van der Waals surface area contributed by atoms with E-state index in [1.807, 2.05) is 19.9 Å². The third kappa shape index (κ3) is 2.71. The molecule has 0 spiro atoms. The molecule has 14 heavy (non-hydrogen) atoms. The van der Waals surface area contributed by atoms with Crippen LogP contribution in [0.15, 0.2) is 23.3 Å². The van der Waals surface area contributed by atoms with E-state index in [4.69, 9.17) is 11.6 Å². The van der Waals surface area contributed by atoms with E-state index in [2.05, 4.69) is 6.08 Å². The van der Waals surface area contributed by atoms with Gasteiger partial charge >= 0.3 is 0 Å². The van der Waals surface area contributed by atoms with Crippen molar-refractivity contribution in [3.05, 3.63) is 23.3 Å². The third-order valence-corrected chi connectivity index (χ3v) is 3.08. The fraction of sp³-hybridized carbons (Fsp3) is 0.583. The summed E-state index contributed by atoms with van der Waals surface area (Å²) in [5, 5.41) is -0.278. The predicted molar refractivity (Wildman–Crippen MR) is 60.6 cm³/mol. The number of alkyl halides is 1. The van der Waals surface area contributed by atoms with Gasteiger partial charge in [0.25, 0.3) is 0 Å². The van der Waals surface area contributed by atoms with Gasteiger partial charge < -0.3 is 0 Å². The van der Waals surface area contributed by atoms with Crippen LogP contribution in [0.3, 0.4) is 0 Å². The third-order valence-electron chi connectivity index (χ3n) is 2.67. The van der Waals surface area contributed by atoms with Crippen LogP contribution in [0.4, 0.5) is 0 Å². The van der Waals surface area contributed by atoms with Crippen molar-refractivity contribution in [2.24, 2.45) is 0 Å². The van der Waals surface area contributed by atoms with Crippen molar-refractivity contribution >= 4 is 17.4 Å². The maximum absolute atomic E-state index is 11.7. The maximum atomic E-state index is 11.7. The van der Waals surface area contributed by atoms with Crippen LogP contribution >= 0.6 is 11.6 Å². The molecule has 0 saturated carbocycles. The SMILES string of the molecule is C/C=C/CCC1=C(C)CCC(Cl)C1=O. The minimum atomic E-state index is -0.278. The molecule has 0 radical (unpaired) electrons. The summed E-state index contributed by atoms with van der Waals surface area (Å²) >= 11 is 5.94. The molecule has 0 saturated heterocycles. The average Bonchev–Trinajstić information content (AvgIpc) is 2.18. The Bertz CT molecular complexity index is 276. The molecule has 0 aliphatic heterocycles. The molecule has 0 N–H and O–H groups in total. The van der Waals surface area contributed by atoms with Gasteiger partial charge in [-0.2, -0.15) is 0 Å². The van der Waals surface area contributed by atoms with Crippen molar-refractivity contribution in [3.8, 4) is 0 Å². The first kappa shape index (κ1) is 11.5. The summed E-state index contributed by atoms with van der Waals surface area (Å²) in [4.78, 5) is 11.7. The summed E-state index contributed by atoms with van der Waals surface area (Å²) in [5.41, 5.74) is 2.20. The molecular weight excluding hydrogens is 196 g/mol. The lowest BCUT2D eigenvalue weighted by Gasteiger charge is -2.20. The number of halogens is 1. The van der Waals surface area contributed by atoms with Crippen LogP contribution in [-0.2, 0) is 4.79 Å². The van der Waals surface area contributed by atoms with Gasteiger partial charge in [-0.05, 0) is 45.1 Å². The van der Waals surface area contributed by atoms with Crippen LogP contribution in [0.2, 0.25) is 0 Å². The van der Waals surface area contributed by atoms with Gasteiger partial charge in [-0.1, -0.05) is 17.7 Å². The Labute approximate surface area is 90.8 Å². The topological polar surface area (TPSA) is 17.1 Å². The van der Waals surface area contributed by atoms with E-state index in [1.165, 1.54) is 5.57 Å². The molecule has 0 fully saturated rings. The van der Waals surface area contributed by atoms with Gasteiger partial charge in [-0.3, -0.25) is 4.79 Å². The lowest BCUT2D eigenvalue weighted by molar-refractivity contribution is -0.115. The fourth-order valence-corrected chi connectivity index (χ4v) is 2.00. The smallest absolute Gasteiger partial charge is 0.176 e. The molecule has 0 heterocycles. The second-order valence-corrected chi connectivity index (χ2v) is 4.26. The standard InChI is InChI=1S/C12H17ClO/c1-3-4-5-6-10-9(2)7-8-11(13)12(10)14/h3-4,11H,5-8H2,1-2H3/b4-3+. The van der Waals surface area contributed by atoms with Crippen LogP contribution in [0, 0.1) is 0 Å². The van der Waals surface area contributed by atoms with Crippen molar-refractivity contribution in [3.63, 3.8) is 0 Å². The minimum Gasteiger partial charge on any atom is -0.293 e. The molecule has 1 unspecified atom stereocenters. The van der Waals surface area contributed by atoms with E-state index < -0.39 is 0 Å². The highest BCUT2D eigenvalue weighted by molar-refractivity contribution is 6.34. The van der Waals surface area contributed by atoms with E-state index in [-0.39, 0.29) is 11.2 Å². The lowest BCUT2D eigenvalue weighted by atomic mass is 9.88. The number of ketones is 1. The van der Waals surface area contributed by atoms with E-state index in [9.17, 15) is 4.79 Å². The number of carbonyl (C=O) groups excluding carboxylic acids is 1. The molecule has 0 aromatic heterocycles. The van der Waals surface area contributed by atoms with Crippen molar-refractivity contribution in [1.29, 1.82) is 0 Å². The van der Waals surface area contributed by atoms with Crippen LogP contribution < -0.4 is 0 Å². The number of rotatable bonds is 3. The van der Waals surface area contributed by atoms with E-state index in [1.54, 1.807) is 0 Å². The highest BCUT2D eigenvalue weighted by Crippen LogP contribution is 2.28.